The van der Waals surface area contributed by atoms with Crippen LogP contribution in [0.5, 0.6) is 5.75 Å². The average molecular weight is 228 g/mol. The van der Waals surface area contributed by atoms with Crippen molar-refractivity contribution in [2.24, 2.45) is 5.73 Å². The van der Waals surface area contributed by atoms with Crippen LogP contribution in [0.4, 0.5) is 0 Å². The van der Waals surface area contributed by atoms with Gasteiger partial charge in [0.2, 0.25) is 0 Å². The zero-order valence-electron chi connectivity index (χ0n) is 9.69. The third-order valence-corrected chi connectivity index (χ3v) is 4.03. The highest BCUT2D eigenvalue weighted by Gasteiger charge is 2.44. The number of benzene rings is 1. The quantitative estimate of drug-likeness (QED) is 0.830. The van der Waals surface area contributed by atoms with E-state index in [-0.39, 0.29) is 5.54 Å². The number of phenolic OH excluding ortho intramolecular Hbond substituents is 1. The van der Waals surface area contributed by atoms with E-state index in [4.69, 9.17) is 5.73 Å². The van der Waals surface area contributed by atoms with Crippen molar-refractivity contribution < 1.29 is 5.11 Å². The molecule has 0 saturated heterocycles. The summed E-state index contributed by atoms with van der Waals surface area (Å²) in [7, 11) is 0. The highest BCUT2D eigenvalue weighted by atomic mass is 16.3. The summed E-state index contributed by atoms with van der Waals surface area (Å²) in [6.07, 6.45) is 4.69. The Morgan fingerprint density at radius 1 is 1.24 bits per heavy atom. The van der Waals surface area contributed by atoms with Crippen molar-refractivity contribution >= 4 is 10.9 Å². The van der Waals surface area contributed by atoms with Crippen molar-refractivity contribution in [3.63, 3.8) is 0 Å². The lowest BCUT2D eigenvalue weighted by molar-refractivity contribution is 0.476. The summed E-state index contributed by atoms with van der Waals surface area (Å²) in [5.41, 5.74) is 8.74. The number of fused-ring (bicyclic) bond motifs is 1. The lowest BCUT2D eigenvalue weighted by Crippen LogP contribution is -2.22. The van der Waals surface area contributed by atoms with Crippen molar-refractivity contribution in [3.8, 4) is 5.75 Å². The fraction of sp³-hybridized carbons (Fsp3) is 0.429. The number of aromatic hydroxyl groups is 1. The molecule has 88 valence electrons. The van der Waals surface area contributed by atoms with Crippen LogP contribution in [0.25, 0.3) is 10.9 Å². The first-order valence-electron chi connectivity index (χ1n) is 6.31. The third kappa shape index (κ3) is 1.32. The molecule has 3 heteroatoms. The predicted molar refractivity (Wildman–Crippen MR) is 67.0 cm³/mol. The summed E-state index contributed by atoms with van der Waals surface area (Å²) < 4.78 is 2.40. The molecule has 0 atom stereocenters. The van der Waals surface area contributed by atoms with Crippen molar-refractivity contribution in [1.82, 2.24) is 4.57 Å². The molecular formula is C14H16N2O. The predicted octanol–water partition coefficient (Wildman–Crippen LogP) is 2.63. The van der Waals surface area contributed by atoms with Gasteiger partial charge in [-0.15, -0.1) is 0 Å². The zero-order chi connectivity index (χ0) is 11.6. The van der Waals surface area contributed by atoms with Crippen LogP contribution in [-0.4, -0.2) is 9.67 Å². The number of hydrogen-bond donors (Lipinski definition) is 2. The van der Waals surface area contributed by atoms with E-state index >= 15 is 0 Å². The van der Waals surface area contributed by atoms with Gasteiger partial charge in [0, 0.05) is 22.6 Å². The number of phenols is 1. The Hall–Kier alpha value is -1.48. The number of nitrogens with two attached hydrogens (primary N) is 1. The first kappa shape index (κ1) is 9.54. The minimum atomic E-state index is -0.1000. The molecule has 2 aromatic rings. The van der Waals surface area contributed by atoms with Crippen LogP contribution in [0, 0.1) is 0 Å². The highest BCUT2D eigenvalue weighted by molar-refractivity contribution is 5.83. The van der Waals surface area contributed by atoms with Gasteiger partial charge in [0.15, 0.2) is 0 Å². The van der Waals surface area contributed by atoms with E-state index in [1.54, 1.807) is 6.07 Å². The summed E-state index contributed by atoms with van der Waals surface area (Å²) in [6.45, 7) is 0. The summed E-state index contributed by atoms with van der Waals surface area (Å²) in [6, 6.07) is 8.41. The van der Waals surface area contributed by atoms with Crippen molar-refractivity contribution in [3.05, 3.63) is 30.0 Å². The lowest BCUT2D eigenvalue weighted by atomic mass is 10.2. The monoisotopic (exact) mass is 228 g/mol. The molecule has 4 rings (SSSR count). The topological polar surface area (TPSA) is 51.2 Å². The third-order valence-electron chi connectivity index (χ3n) is 4.03. The van der Waals surface area contributed by atoms with E-state index in [0.717, 1.165) is 18.2 Å². The number of rotatable bonds is 2. The Kier molecular flexibility index (Phi) is 1.60. The van der Waals surface area contributed by atoms with Crippen LogP contribution < -0.4 is 5.73 Å². The van der Waals surface area contributed by atoms with Gasteiger partial charge >= 0.3 is 0 Å². The van der Waals surface area contributed by atoms with Gasteiger partial charge in [-0.1, -0.05) is 0 Å². The number of aromatic nitrogens is 1. The minimum Gasteiger partial charge on any atom is -0.508 e. The molecule has 2 aliphatic rings. The van der Waals surface area contributed by atoms with Gasteiger partial charge in [-0.25, -0.2) is 0 Å². The standard InChI is InChI=1S/C14H16N2O/c15-14(5-6-14)13-8-9-7-11(17)3-4-12(9)16(13)10-1-2-10/h3-4,7-8,10,17H,1-2,5-6,15H2. The number of hydrogen-bond acceptors (Lipinski definition) is 2. The van der Waals surface area contributed by atoms with Crippen LogP contribution in [0.2, 0.25) is 0 Å². The van der Waals surface area contributed by atoms with Gasteiger partial charge in [0.1, 0.15) is 5.75 Å². The normalized spacial score (nSPS) is 21.9. The molecule has 17 heavy (non-hydrogen) atoms. The molecule has 2 saturated carbocycles. The molecule has 0 unspecified atom stereocenters. The summed E-state index contributed by atoms with van der Waals surface area (Å²) in [5, 5.41) is 10.7. The van der Waals surface area contributed by atoms with Gasteiger partial charge in [-0.3, -0.25) is 0 Å². The average Bonchev–Trinajstić information content (AvgIpc) is 3.20. The molecule has 2 fully saturated rings. The Bertz CT molecular complexity index is 606. The van der Waals surface area contributed by atoms with Crippen molar-refractivity contribution in [2.45, 2.75) is 37.3 Å². The highest BCUT2D eigenvalue weighted by Crippen LogP contribution is 2.49. The largest absolute Gasteiger partial charge is 0.508 e. The molecule has 3 nitrogen and oxygen atoms in total. The summed E-state index contributed by atoms with van der Waals surface area (Å²) in [5.74, 6) is 0.332. The zero-order valence-corrected chi connectivity index (χ0v) is 9.69. The second-order valence-electron chi connectivity index (χ2n) is 5.53. The smallest absolute Gasteiger partial charge is 0.116 e. The summed E-state index contributed by atoms with van der Waals surface area (Å²) >= 11 is 0. The fourth-order valence-corrected chi connectivity index (χ4v) is 2.72. The maximum Gasteiger partial charge on any atom is 0.116 e. The van der Waals surface area contributed by atoms with E-state index in [1.165, 1.54) is 24.1 Å². The van der Waals surface area contributed by atoms with E-state index in [2.05, 4.69) is 10.6 Å². The Morgan fingerprint density at radius 2 is 2.00 bits per heavy atom. The number of nitrogens with zero attached hydrogens (tertiary/aromatic N) is 1. The van der Waals surface area contributed by atoms with Crippen molar-refractivity contribution in [2.75, 3.05) is 0 Å². The molecule has 1 aromatic heterocycles. The first-order chi connectivity index (χ1) is 8.17. The van der Waals surface area contributed by atoms with Crippen LogP contribution in [0.1, 0.15) is 37.4 Å². The molecule has 1 heterocycles. The van der Waals surface area contributed by atoms with Gasteiger partial charge in [-0.05, 0) is 49.9 Å². The lowest BCUT2D eigenvalue weighted by Gasteiger charge is -2.14. The fourth-order valence-electron chi connectivity index (χ4n) is 2.72. The molecule has 0 radical (unpaired) electrons. The van der Waals surface area contributed by atoms with Gasteiger partial charge in [0.25, 0.3) is 0 Å². The van der Waals surface area contributed by atoms with E-state index in [0.29, 0.717) is 11.8 Å². The maximum atomic E-state index is 9.56. The minimum absolute atomic E-state index is 0.1000. The van der Waals surface area contributed by atoms with Gasteiger partial charge < -0.3 is 15.4 Å². The van der Waals surface area contributed by atoms with Crippen LogP contribution in [0.3, 0.4) is 0 Å². The summed E-state index contributed by atoms with van der Waals surface area (Å²) in [4.78, 5) is 0. The Labute approximate surface area is 99.8 Å². The molecule has 1 aromatic carbocycles. The Morgan fingerprint density at radius 3 is 2.65 bits per heavy atom. The molecule has 0 spiro atoms. The first-order valence-corrected chi connectivity index (χ1v) is 6.31. The molecule has 0 aliphatic heterocycles. The van der Waals surface area contributed by atoms with Gasteiger partial charge in [-0.2, -0.15) is 0 Å². The van der Waals surface area contributed by atoms with E-state index in [1.807, 2.05) is 12.1 Å². The van der Waals surface area contributed by atoms with Crippen LogP contribution in [-0.2, 0) is 5.54 Å². The van der Waals surface area contributed by atoms with Crippen molar-refractivity contribution in [1.29, 1.82) is 0 Å². The SMILES string of the molecule is NC1(c2cc3cc(O)ccc3n2C2CC2)CC1. The second kappa shape index (κ2) is 2.85. The second-order valence-corrected chi connectivity index (χ2v) is 5.53. The van der Waals surface area contributed by atoms with Crippen LogP contribution in [0.15, 0.2) is 24.3 Å². The maximum absolute atomic E-state index is 9.56. The van der Waals surface area contributed by atoms with E-state index in [9.17, 15) is 5.11 Å². The van der Waals surface area contributed by atoms with E-state index < -0.39 is 0 Å². The van der Waals surface area contributed by atoms with Gasteiger partial charge in [0.05, 0.1) is 5.54 Å². The molecule has 0 amide bonds. The molecule has 2 aliphatic carbocycles. The Balaban J connectivity index is 2.01. The molecule has 0 bridgehead atoms. The molecule has 3 N–H and O–H groups in total. The van der Waals surface area contributed by atoms with Crippen LogP contribution >= 0.6 is 0 Å². The molecular weight excluding hydrogens is 212 g/mol.